The smallest absolute Gasteiger partial charge is 0.462 e. The van der Waals surface area contributed by atoms with E-state index in [-0.39, 0.29) is 25.7 Å². The normalized spacial score (nSPS) is 14.3. The average molecular weight is 1210 g/mol. The van der Waals surface area contributed by atoms with E-state index < -0.39 is 97.5 Å². The molecule has 0 aliphatic heterocycles. The van der Waals surface area contributed by atoms with Gasteiger partial charge in [-0.1, -0.05) is 260 Å². The number of phosphoric acid groups is 2. The lowest BCUT2D eigenvalue weighted by molar-refractivity contribution is -0.161. The summed E-state index contributed by atoms with van der Waals surface area (Å²) in [5.41, 5.74) is 0. The van der Waals surface area contributed by atoms with Crippen molar-refractivity contribution in [3.05, 3.63) is 0 Å². The molecule has 0 aliphatic rings. The Morgan fingerprint density at radius 1 is 0.329 bits per heavy atom. The molecule has 486 valence electrons. The maximum absolute atomic E-state index is 13.0. The first-order valence-corrected chi connectivity index (χ1v) is 36.0. The van der Waals surface area contributed by atoms with Gasteiger partial charge in [0.1, 0.15) is 19.3 Å². The standard InChI is InChI=1S/C63H122O17P2/c1-7-9-11-13-15-20-29-35-41-47-62(67)79-58(51-73-60(65)45-39-33-25-14-12-10-8-2)53-77-81(69,70)75-49-57(64)50-76-82(71,72)78-54-59(52-74-61(66)46-40-34-28-24-23-27-32-38-44-56(5)6)80-63(68)48-42-36-30-22-19-17-16-18-21-26-31-37-43-55(3)4/h55-59,64H,7-54H2,1-6H3,(H,69,70)(H,71,72)/t57-,58+,59+/m0/s1. The molecule has 0 bridgehead atoms. The largest absolute Gasteiger partial charge is 0.472 e. The number of aliphatic hydroxyl groups excluding tert-OH is 1. The van der Waals surface area contributed by atoms with Crippen LogP contribution < -0.4 is 0 Å². The van der Waals surface area contributed by atoms with E-state index >= 15 is 0 Å². The lowest BCUT2D eigenvalue weighted by Crippen LogP contribution is -2.30. The third kappa shape index (κ3) is 57.2. The molecular weight excluding hydrogens is 1090 g/mol. The summed E-state index contributed by atoms with van der Waals surface area (Å²) in [6.45, 7) is 9.41. The number of ether oxygens (including phenoxy) is 4. The third-order valence-corrected chi connectivity index (χ3v) is 16.4. The molecule has 0 heterocycles. The summed E-state index contributed by atoms with van der Waals surface area (Å²) in [6.07, 6.45) is 37.7. The van der Waals surface area contributed by atoms with Gasteiger partial charge in [0.2, 0.25) is 0 Å². The SMILES string of the molecule is CCCCCCCCCCCC(=O)O[C@H](COC(=O)CCCCCCCCC)COP(=O)(O)OC[C@H](O)COP(=O)(O)OC[C@@H](COC(=O)CCCCCCCCCCC(C)C)OC(=O)CCCCCCCCCCCCCCC(C)C. The first-order chi connectivity index (χ1) is 39.4. The van der Waals surface area contributed by atoms with Gasteiger partial charge in [0, 0.05) is 25.7 Å². The Morgan fingerprint density at radius 3 is 0.829 bits per heavy atom. The van der Waals surface area contributed by atoms with E-state index in [0.29, 0.717) is 25.7 Å². The minimum Gasteiger partial charge on any atom is -0.462 e. The van der Waals surface area contributed by atoms with E-state index in [1.54, 1.807) is 0 Å². The average Bonchev–Trinajstić information content (AvgIpc) is 3.44. The van der Waals surface area contributed by atoms with Gasteiger partial charge in [0.05, 0.1) is 26.4 Å². The Bertz CT molecular complexity index is 1620. The van der Waals surface area contributed by atoms with Gasteiger partial charge in [-0.3, -0.25) is 37.3 Å². The van der Waals surface area contributed by atoms with E-state index in [2.05, 4.69) is 41.5 Å². The van der Waals surface area contributed by atoms with E-state index in [1.807, 2.05) is 0 Å². The van der Waals surface area contributed by atoms with Crippen LogP contribution in [0.4, 0.5) is 0 Å². The Balaban J connectivity index is 5.20. The van der Waals surface area contributed by atoms with E-state index in [9.17, 15) is 43.2 Å². The van der Waals surface area contributed by atoms with Gasteiger partial charge in [-0.2, -0.15) is 0 Å². The quantitative estimate of drug-likeness (QED) is 0.0222. The molecule has 2 unspecified atom stereocenters. The molecule has 0 aromatic carbocycles. The number of hydrogen-bond donors (Lipinski definition) is 3. The van der Waals surface area contributed by atoms with Crippen LogP contribution in [0.3, 0.4) is 0 Å². The molecule has 3 N–H and O–H groups in total. The number of phosphoric ester groups is 2. The van der Waals surface area contributed by atoms with E-state index in [4.69, 9.17) is 37.0 Å². The van der Waals surface area contributed by atoms with Crippen LogP contribution in [0.25, 0.3) is 0 Å². The summed E-state index contributed by atoms with van der Waals surface area (Å²) in [4.78, 5) is 72.0. The van der Waals surface area contributed by atoms with Crippen LogP contribution in [-0.2, 0) is 65.4 Å². The molecule has 0 rings (SSSR count). The molecule has 0 saturated heterocycles. The van der Waals surface area contributed by atoms with Crippen LogP contribution in [-0.4, -0.2) is 96.7 Å². The van der Waals surface area contributed by atoms with Crippen LogP contribution in [0.15, 0.2) is 0 Å². The topological polar surface area (TPSA) is 237 Å². The van der Waals surface area contributed by atoms with Crippen molar-refractivity contribution < 1.29 is 80.2 Å². The van der Waals surface area contributed by atoms with Gasteiger partial charge in [-0.15, -0.1) is 0 Å². The number of carbonyl (C=O) groups excluding carboxylic acids is 4. The second-order valence-electron chi connectivity index (χ2n) is 23.7. The summed E-state index contributed by atoms with van der Waals surface area (Å²) < 4.78 is 67.8. The van der Waals surface area contributed by atoms with Crippen molar-refractivity contribution in [2.75, 3.05) is 39.6 Å². The summed E-state index contributed by atoms with van der Waals surface area (Å²) in [6, 6.07) is 0. The van der Waals surface area contributed by atoms with Gasteiger partial charge in [-0.25, -0.2) is 9.13 Å². The molecule has 0 fully saturated rings. The number of esters is 4. The van der Waals surface area contributed by atoms with E-state index in [0.717, 1.165) is 115 Å². The number of carbonyl (C=O) groups is 4. The summed E-state index contributed by atoms with van der Waals surface area (Å²) in [5.74, 6) is -0.637. The molecule has 82 heavy (non-hydrogen) atoms. The van der Waals surface area contributed by atoms with Gasteiger partial charge in [0.25, 0.3) is 0 Å². The Morgan fingerprint density at radius 2 is 0.561 bits per heavy atom. The molecule has 0 amide bonds. The predicted octanol–water partition coefficient (Wildman–Crippen LogP) is 17.3. The zero-order chi connectivity index (χ0) is 60.8. The van der Waals surface area contributed by atoms with Gasteiger partial charge in [-0.05, 0) is 37.5 Å². The van der Waals surface area contributed by atoms with Crippen LogP contribution in [0.1, 0.15) is 311 Å². The number of hydrogen-bond acceptors (Lipinski definition) is 15. The highest BCUT2D eigenvalue weighted by Crippen LogP contribution is 2.45. The molecular formula is C63H122O17P2. The number of unbranched alkanes of at least 4 members (excludes halogenated alkanes) is 32. The molecule has 0 aromatic heterocycles. The molecule has 0 spiro atoms. The molecule has 0 radical (unpaired) electrons. The minimum absolute atomic E-state index is 0.105. The van der Waals surface area contributed by atoms with E-state index in [1.165, 1.54) is 116 Å². The molecule has 0 aliphatic carbocycles. The highest BCUT2D eigenvalue weighted by molar-refractivity contribution is 7.47. The van der Waals surface area contributed by atoms with Crippen molar-refractivity contribution >= 4 is 39.5 Å². The second kappa shape index (κ2) is 55.6. The van der Waals surface area contributed by atoms with Crippen molar-refractivity contribution in [2.24, 2.45) is 11.8 Å². The first-order valence-electron chi connectivity index (χ1n) is 33.0. The zero-order valence-corrected chi connectivity index (χ0v) is 54.6. The predicted molar refractivity (Wildman–Crippen MR) is 326 cm³/mol. The first kappa shape index (κ1) is 80.1. The lowest BCUT2D eigenvalue weighted by atomic mass is 10.0. The Labute approximate surface area is 498 Å². The Hall–Kier alpha value is -1.94. The molecule has 19 heteroatoms. The summed E-state index contributed by atoms with van der Waals surface area (Å²) in [5, 5.41) is 10.5. The van der Waals surface area contributed by atoms with Crippen molar-refractivity contribution in [2.45, 2.75) is 330 Å². The van der Waals surface area contributed by atoms with Crippen molar-refractivity contribution in [1.82, 2.24) is 0 Å². The maximum atomic E-state index is 13.0. The van der Waals surface area contributed by atoms with Gasteiger partial charge in [0.15, 0.2) is 12.2 Å². The molecule has 5 atom stereocenters. The van der Waals surface area contributed by atoms with Crippen LogP contribution >= 0.6 is 15.6 Å². The van der Waals surface area contributed by atoms with Crippen molar-refractivity contribution in [1.29, 1.82) is 0 Å². The molecule has 0 aromatic rings. The monoisotopic (exact) mass is 1210 g/mol. The fourth-order valence-electron chi connectivity index (χ4n) is 9.35. The summed E-state index contributed by atoms with van der Waals surface area (Å²) in [7, 11) is -9.88. The van der Waals surface area contributed by atoms with Crippen molar-refractivity contribution in [3.63, 3.8) is 0 Å². The minimum atomic E-state index is -4.94. The highest BCUT2D eigenvalue weighted by Gasteiger charge is 2.30. The van der Waals surface area contributed by atoms with Crippen LogP contribution in [0.2, 0.25) is 0 Å². The Kier molecular flexibility index (Phi) is 54.3. The van der Waals surface area contributed by atoms with Gasteiger partial charge >= 0.3 is 39.5 Å². The molecule has 0 saturated carbocycles. The third-order valence-electron chi connectivity index (χ3n) is 14.5. The lowest BCUT2D eigenvalue weighted by Gasteiger charge is -2.21. The number of rotatable bonds is 62. The fourth-order valence-corrected chi connectivity index (χ4v) is 10.9. The van der Waals surface area contributed by atoms with Crippen LogP contribution in [0.5, 0.6) is 0 Å². The van der Waals surface area contributed by atoms with Crippen LogP contribution in [0, 0.1) is 11.8 Å². The maximum Gasteiger partial charge on any atom is 0.472 e. The molecule has 17 nitrogen and oxygen atoms in total. The number of aliphatic hydroxyl groups is 1. The van der Waals surface area contributed by atoms with Crippen molar-refractivity contribution in [3.8, 4) is 0 Å². The summed E-state index contributed by atoms with van der Waals surface area (Å²) >= 11 is 0. The fraction of sp³-hybridized carbons (Fsp3) is 0.937. The zero-order valence-electron chi connectivity index (χ0n) is 52.8. The highest BCUT2D eigenvalue weighted by atomic mass is 31.2. The van der Waals surface area contributed by atoms with Gasteiger partial charge < -0.3 is 33.8 Å². The second-order valence-corrected chi connectivity index (χ2v) is 26.7.